The van der Waals surface area contributed by atoms with E-state index in [0.29, 0.717) is 37.6 Å². The van der Waals surface area contributed by atoms with Crippen LogP contribution in [0.25, 0.3) is 0 Å². The first-order valence-corrected chi connectivity index (χ1v) is 13.1. The van der Waals surface area contributed by atoms with Crippen LogP contribution < -0.4 is 19.5 Å². The van der Waals surface area contributed by atoms with Crippen molar-refractivity contribution in [2.45, 2.75) is 23.8 Å². The maximum atomic E-state index is 12.8. The Bertz CT molecular complexity index is 1260. The fraction of sp³-hybridized carbons (Fsp3) is 0.368. The highest BCUT2D eigenvalue weighted by Gasteiger charge is 2.29. The molecule has 1 saturated heterocycles. The second-order valence-corrected chi connectivity index (χ2v) is 11.4. The molecule has 0 saturated carbocycles. The van der Waals surface area contributed by atoms with Gasteiger partial charge < -0.3 is 14.8 Å². The maximum Gasteiger partial charge on any atom is 0.294 e. The first-order chi connectivity index (χ1) is 15.1. The van der Waals surface area contributed by atoms with Gasteiger partial charge in [-0.05, 0) is 30.7 Å². The maximum absolute atomic E-state index is 12.8. The van der Waals surface area contributed by atoms with Crippen molar-refractivity contribution in [2.24, 2.45) is 0 Å². The summed E-state index contributed by atoms with van der Waals surface area (Å²) in [5.41, 5.74) is -0.253. The molecule has 2 aliphatic heterocycles. The molecule has 0 spiro atoms. The Hall–Kier alpha value is -3.06. The van der Waals surface area contributed by atoms with Gasteiger partial charge in [-0.2, -0.15) is 0 Å². The van der Waals surface area contributed by atoms with Crippen LogP contribution in [0, 0.1) is 10.1 Å². The standard InChI is InChI=1S/C19H21N3O8S2/c23-22(24)17-10-13(2-4-16(17)20-14-6-9-31(25,26)12-14)21-32(27,28)15-3-5-18-19(11-15)30-8-1-7-29-18/h2-5,10-11,14,20-21H,1,6-9,12H2/t14-/m1/s1. The van der Waals surface area contributed by atoms with Crippen molar-refractivity contribution in [1.82, 2.24) is 0 Å². The van der Waals surface area contributed by atoms with Crippen LogP contribution in [0.1, 0.15) is 12.8 Å². The lowest BCUT2D eigenvalue weighted by Gasteiger charge is -2.14. The number of anilines is 2. The number of hydrogen-bond donors (Lipinski definition) is 2. The zero-order valence-electron chi connectivity index (χ0n) is 16.8. The van der Waals surface area contributed by atoms with Crippen LogP contribution in [0.2, 0.25) is 0 Å². The van der Waals surface area contributed by atoms with E-state index < -0.39 is 30.8 Å². The normalized spacial score (nSPS) is 19.7. The van der Waals surface area contributed by atoms with Crippen molar-refractivity contribution < 1.29 is 31.2 Å². The van der Waals surface area contributed by atoms with E-state index in [2.05, 4.69) is 10.0 Å². The number of nitrogens with one attached hydrogen (secondary N) is 2. The first-order valence-electron chi connectivity index (χ1n) is 9.81. The summed E-state index contributed by atoms with van der Waals surface area (Å²) in [7, 11) is -7.22. The van der Waals surface area contributed by atoms with E-state index in [1.165, 1.54) is 30.3 Å². The number of nitro groups is 1. The molecule has 1 fully saturated rings. The zero-order valence-corrected chi connectivity index (χ0v) is 18.4. The van der Waals surface area contributed by atoms with Gasteiger partial charge >= 0.3 is 0 Å². The second kappa shape index (κ2) is 8.47. The summed E-state index contributed by atoms with van der Waals surface area (Å²) < 4.78 is 62.3. The smallest absolute Gasteiger partial charge is 0.294 e. The molecule has 172 valence electrons. The third-order valence-corrected chi connectivity index (χ3v) is 8.21. The van der Waals surface area contributed by atoms with Crippen LogP contribution in [0.15, 0.2) is 41.3 Å². The molecule has 11 nitrogen and oxygen atoms in total. The quantitative estimate of drug-likeness (QED) is 0.464. The van der Waals surface area contributed by atoms with Crippen LogP contribution in [0.5, 0.6) is 11.5 Å². The van der Waals surface area contributed by atoms with Gasteiger partial charge in [-0.25, -0.2) is 16.8 Å². The number of benzene rings is 2. The summed E-state index contributed by atoms with van der Waals surface area (Å²) in [6.07, 6.45) is 1.02. The average molecular weight is 484 g/mol. The van der Waals surface area contributed by atoms with Gasteiger partial charge in [0.15, 0.2) is 21.3 Å². The van der Waals surface area contributed by atoms with Crippen LogP contribution in [0.3, 0.4) is 0 Å². The molecule has 2 aromatic carbocycles. The Balaban J connectivity index is 1.56. The van der Waals surface area contributed by atoms with Crippen molar-refractivity contribution in [2.75, 3.05) is 34.8 Å². The number of nitro benzene ring substituents is 1. The van der Waals surface area contributed by atoms with E-state index in [9.17, 15) is 26.9 Å². The molecule has 13 heteroatoms. The molecule has 2 N–H and O–H groups in total. The molecule has 0 aromatic heterocycles. The van der Waals surface area contributed by atoms with Gasteiger partial charge in [0.05, 0.1) is 40.2 Å². The molecule has 1 atom stereocenters. The van der Waals surface area contributed by atoms with Crippen LogP contribution in [0.4, 0.5) is 17.1 Å². The SMILES string of the molecule is O=[N+]([O-])c1cc(NS(=O)(=O)c2ccc3c(c2)OCCCO3)ccc1N[C@@H]1CCS(=O)(=O)C1. The van der Waals surface area contributed by atoms with Crippen molar-refractivity contribution in [3.8, 4) is 11.5 Å². The Labute approximate surface area is 184 Å². The highest BCUT2D eigenvalue weighted by atomic mass is 32.2. The molecule has 2 aliphatic rings. The minimum Gasteiger partial charge on any atom is -0.490 e. The second-order valence-electron chi connectivity index (χ2n) is 7.50. The Morgan fingerprint density at radius 2 is 1.81 bits per heavy atom. The minimum absolute atomic E-state index is 0.00611. The molecule has 2 heterocycles. The van der Waals surface area contributed by atoms with Crippen molar-refractivity contribution in [3.05, 3.63) is 46.5 Å². The van der Waals surface area contributed by atoms with E-state index in [4.69, 9.17) is 9.47 Å². The van der Waals surface area contributed by atoms with Gasteiger partial charge in [0.2, 0.25) is 0 Å². The topological polar surface area (TPSA) is 154 Å². The van der Waals surface area contributed by atoms with Crippen molar-refractivity contribution in [1.29, 1.82) is 0 Å². The molecule has 0 radical (unpaired) electrons. The molecular weight excluding hydrogens is 462 g/mol. The molecular formula is C19H21N3O8S2. The van der Waals surface area contributed by atoms with Crippen LogP contribution in [-0.4, -0.2) is 52.5 Å². The Morgan fingerprint density at radius 1 is 1.06 bits per heavy atom. The molecule has 4 rings (SSSR count). The number of hydrogen-bond acceptors (Lipinski definition) is 9. The largest absolute Gasteiger partial charge is 0.490 e. The molecule has 0 amide bonds. The lowest BCUT2D eigenvalue weighted by atomic mass is 10.2. The molecule has 0 bridgehead atoms. The van der Waals surface area contributed by atoms with Crippen molar-refractivity contribution in [3.63, 3.8) is 0 Å². The molecule has 0 unspecified atom stereocenters. The number of fused-ring (bicyclic) bond motifs is 1. The van der Waals surface area contributed by atoms with Gasteiger partial charge in [-0.1, -0.05) is 0 Å². The van der Waals surface area contributed by atoms with E-state index in [0.717, 1.165) is 6.07 Å². The summed E-state index contributed by atoms with van der Waals surface area (Å²) in [5, 5.41) is 14.4. The van der Waals surface area contributed by atoms with Gasteiger partial charge in [-0.3, -0.25) is 14.8 Å². The highest BCUT2D eigenvalue weighted by Crippen LogP contribution is 2.34. The predicted molar refractivity (Wildman–Crippen MR) is 117 cm³/mol. The Kier molecular flexibility index (Phi) is 5.86. The number of rotatable bonds is 6. The predicted octanol–water partition coefficient (Wildman–Crippen LogP) is 2.16. The van der Waals surface area contributed by atoms with Crippen molar-refractivity contribution >= 4 is 36.9 Å². The van der Waals surface area contributed by atoms with Crippen LogP contribution >= 0.6 is 0 Å². The van der Waals surface area contributed by atoms with Gasteiger partial charge in [0.25, 0.3) is 15.7 Å². The van der Waals surface area contributed by atoms with E-state index in [-0.39, 0.29) is 33.5 Å². The summed E-state index contributed by atoms with van der Waals surface area (Å²) in [5.74, 6) is 0.665. The highest BCUT2D eigenvalue weighted by molar-refractivity contribution is 7.92. The molecule has 2 aromatic rings. The fourth-order valence-electron chi connectivity index (χ4n) is 3.52. The summed E-state index contributed by atoms with van der Waals surface area (Å²) in [4.78, 5) is 10.8. The average Bonchev–Trinajstić information content (AvgIpc) is 2.92. The summed E-state index contributed by atoms with van der Waals surface area (Å²) in [6.45, 7) is 0.862. The Morgan fingerprint density at radius 3 is 2.50 bits per heavy atom. The zero-order chi connectivity index (χ0) is 22.9. The summed E-state index contributed by atoms with van der Waals surface area (Å²) in [6, 6.07) is 7.58. The number of sulfone groups is 1. The first kappa shape index (κ1) is 22.1. The lowest BCUT2D eigenvalue weighted by molar-refractivity contribution is -0.383. The van der Waals surface area contributed by atoms with Gasteiger partial charge in [0, 0.05) is 24.6 Å². The minimum atomic E-state index is -4.06. The number of sulfonamides is 1. The van der Waals surface area contributed by atoms with E-state index in [1.54, 1.807) is 0 Å². The third-order valence-electron chi connectivity index (χ3n) is 5.07. The van der Waals surface area contributed by atoms with E-state index in [1.807, 2.05) is 0 Å². The van der Waals surface area contributed by atoms with Gasteiger partial charge in [0.1, 0.15) is 5.69 Å². The number of ether oxygens (including phenoxy) is 2. The monoisotopic (exact) mass is 483 g/mol. The molecule has 0 aliphatic carbocycles. The van der Waals surface area contributed by atoms with Crippen LogP contribution in [-0.2, 0) is 19.9 Å². The number of nitrogens with zero attached hydrogens (tertiary/aromatic N) is 1. The molecule has 32 heavy (non-hydrogen) atoms. The summed E-state index contributed by atoms with van der Waals surface area (Å²) >= 11 is 0. The van der Waals surface area contributed by atoms with Gasteiger partial charge in [-0.15, -0.1) is 0 Å². The van der Waals surface area contributed by atoms with E-state index >= 15 is 0 Å². The fourth-order valence-corrected chi connectivity index (χ4v) is 6.26. The third kappa shape index (κ3) is 4.88. The lowest BCUT2D eigenvalue weighted by Crippen LogP contribution is -2.21.